The second kappa shape index (κ2) is 6.66. The molecule has 0 radical (unpaired) electrons. The van der Waals surface area contributed by atoms with Crippen molar-refractivity contribution < 1.29 is 17.9 Å². The van der Waals surface area contributed by atoms with E-state index in [1.54, 1.807) is 12.1 Å². The first-order valence-corrected chi connectivity index (χ1v) is 8.82. The van der Waals surface area contributed by atoms with E-state index in [1.807, 2.05) is 11.9 Å². The first kappa shape index (κ1) is 16.8. The van der Waals surface area contributed by atoms with Gasteiger partial charge >= 0.3 is 0 Å². The summed E-state index contributed by atoms with van der Waals surface area (Å²) in [5.41, 5.74) is 0.763. The molecule has 1 aliphatic heterocycles. The number of sulfonamides is 1. The van der Waals surface area contributed by atoms with Crippen molar-refractivity contribution in [1.29, 1.82) is 0 Å². The number of Topliss-reactive ketones (excluding diaryl/α,β-unsaturated/α-hetero) is 1. The van der Waals surface area contributed by atoms with E-state index in [9.17, 15) is 13.2 Å². The summed E-state index contributed by atoms with van der Waals surface area (Å²) in [5, 5.41) is 0. The molecule has 0 saturated heterocycles. The molecule has 1 heterocycles. The second-order valence-corrected chi connectivity index (χ2v) is 7.27. The first-order chi connectivity index (χ1) is 10.3. The van der Waals surface area contributed by atoms with Gasteiger partial charge in [-0.3, -0.25) is 4.79 Å². The minimum absolute atomic E-state index is 0.0492. The van der Waals surface area contributed by atoms with Crippen molar-refractivity contribution in [2.45, 2.75) is 37.7 Å². The van der Waals surface area contributed by atoms with E-state index < -0.39 is 10.0 Å². The summed E-state index contributed by atoms with van der Waals surface area (Å²) in [6.45, 7) is 4.33. The Morgan fingerprint density at radius 1 is 1.45 bits per heavy atom. The number of nitrogens with zero attached hydrogens (tertiary/aromatic N) is 1. The summed E-state index contributed by atoms with van der Waals surface area (Å²) in [7, 11) is -1.70. The summed E-state index contributed by atoms with van der Waals surface area (Å²) in [4.78, 5) is 13.1. The minimum atomic E-state index is -3.62. The van der Waals surface area contributed by atoms with Gasteiger partial charge in [-0.05, 0) is 31.5 Å². The summed E-state index contributed by atoms with van der Waals surface area (Å²) in [6.07, 6.45) is 1.20. The van der Waals surface area contributed by atoms with Gasteiger partial charge in [-0.2, -0.15) is 0 Å². The molecule has 1 unspecified atom stereocenters. The van der Waals surface area contributed by atoms with Crippen LogP contribution in [0.25, 0.3) is 0 Å². The van der Waals surface area contributed by atoms with Crippen molar-refractivity contribution in [3.8, 4) is 5.75 Å². The fraction of sp³-hybridized carbons (Fsp3) is 0.533. The van der Waals surface area contributed by atoms with Crippen LogP contribution in [-0.4, -0.2) is 40.4 Å². The topological polar surface area (TPSA) is 75.7 Å². The van der Waals surface area contributed by atoms with E-state index in [2.05, 4.69) is 11.6 Å². The third-order valence-corrected chi connectivity index (χ3v) is 5.11. The van der Waals surface area contributed by atoms with Crippen LogP contribution in [0.1, 0.15) is 26.7 Å². The maximum absolute atomic E-state index is 12.2. The predicted molar refractivity (Wildman–Crippen MR) is 84.9 cm³/mol. The number of rotatable bonds is 6. The van der Waals surface area contributed by atoms with Crippen molar-refractivity contribution in [3.63, 3.8) is 0 Å². The molecule has 0 aliphatic carbocycles. The second-order valence-electron chi connectivity index (χ2n) is 5.51. The molecule has 6 nitrogen and oxygen atoms in total. The molecule has 0 saturated carbocycles. The Morgan fingerprint density at radius 2 is 2.18 bits per heavy atom. The molecule has 0 amide bonds. The number of benzene rings is 1. The summed E-state index contributed by atoms with van der Waals surface area (Å²) >= 11 is 0. The van der Waals surface area contributed by atoms with E-state index in [1.165, 1.54) is 13.0 Å². The van der Waals surface area contributed by atoms with Crippen LogP contribution in [0.5, 0.6) is 5.75 Å². The van der Waals surface area contributed by atoms with Crippen molar-refractivity contribution in [2.24, 2.45) is 0 Å². The lowest BCUT2D eigenvalue weighted by Crippen LogP contribution is -2.37. The van der Waals surface area contributed by atoms with Crippen LogP contribution < -0.4 is 14.4 Å². The molecule has 122 valence electrons. The number of anilines is 1. The lowest BCUT2D eigenvalue weighted by Gasteiger charge is -2.33. The molecular formula is C15H22N2O4S. The highest BCUT2D eigenvalue weighted by Crippen LogP contribution is 2.35. The van der Waals surface area contributed by atoms with Crippen LogP contribution in [0.3, 0.4) is 0 Å². The van der Waals surface area contributed by atoms with Gasteiger partial charge in [0.15, 0.2) is 0 Å². The molecule has 1 atom stereocenters. The van der Waals surface area contributed by atoms with Gasteiger partial charge in [-0.15, -0.1) is 0 Å². The number of hydrogen-bond acceptors (Lipinski definition) is 5. The zero-order valence-corrected chi connectivity index (χ0v) is 13.9. The average molecular weight is 326 g/mol. The zero-order valence-electron chi connectivity index (χ0n) is 13.1. The van der Waals surface area contributed by atoms with Crippen LogP contribution >= 0.6 is 0 Å². The summed E-state index contributed by atoms with van der Waals surface area (Å²) in [6, 6.07) is 4.82. The molecule has 1 aliphatic rings. The fourth-order valence-electron chi connectivity index (χ4n) is 2.34. The highest BCUT2D eigenvalue weighted by atomic mass is 32.2. The van der Waals surface area contributed by atoms with Crippen LogP contribution in [0.2, 0.25) is 0 Å². The quantitative estimate of drug-likeness (QED) is 0.858. The van der Waals surface area contributed by atoms with Crippen LogP contribution in [0.15, 0.2) is 23.1 Å². The lowest BCUT2D eigenvalue weighted by atomic mass is 10.2. The van der Waals surface area contributed by atoms with Gasteiger partial charge in [0.2, 0.25) is 10.0 Å². The van der Waals surface area contributed by atoms with Gasteiger partial charge in [-0.1, -0.05) is 6.92 Å². The van der Waals surface area contributed by atoms with Crippen molar-refractivity contribution in [3.05, 3.63) is 18.2 Å². The van der Waals surface area contributed by atoms with Crippen LogP contribution in [0.4, 0.5) is 5.69 Å². The van der Waals surface area contributed by atoms with Gasteiger partial charge in [-0.25, -0.2) is 13.1 Å². The van der Waals surface area contributed by atoms with Crippen molar-refractivity contribution in [1.82, 2.24) is 4.72 Å². The number of carbonyl (C=O) groups excluding carboxylic acids is 1. The van der Waals surface area contributed by atoms with E-state index in [0.717, 1.165) is 18.7 Å². The number of hydrogen-bond donors (Lipinski definition) is 1. The number of fused-ring (bicyclic) bond motifs is 1. The Kier molecular flexibility index (Phi) is 5.08. The first-order valence-electron chi connectivity index (χ1n) is 7.34. The average Bonchev–Trinajstić information content (AvgIpc) is 2.46. The molecule has 7 heteroatoms. The molecule has 0 bridgehead atoms. The van der Waals surface area contributed by atoms with Gasteiger partial charge in [0.05, 0.1) is 17.1 Å². The predicted octanol–water partition coefficient (Wildman–Crippen LogP) is 1.55. The molecule has 22 heavy (non-hydrogen) atoms. The van der Waals surface area contributed by atoms with E-state index in [-0.39, 0.29) is 29.7 Å². The summed E-state index contributed by atoms with van der Waals surface area (Å²) < 4.78 is 32.8. The number of ketones is 1. The molecule has 1 N–H and O–H groups in total. The third-order valence-electron chi connectivity index (χ3n) is 3.65. The zero-order chi connectivity index (χ0) is 16.3. The van der Waals surface area contributed by atoms with E-state index >= 15 is 0 Å². The monoisotopic (exact) mass is 326 g/mol. The molecule has 0 spiro atoms. The lowest BCUT2D eigenvalue weighted by molar-refractivity contribution is -0.116. The van der Waals surface area contributed by atoms with Crippen molar-refractivity contribution in [2.75, 3.05) is 25.0 Å². The Morgan fingerprint density at radius 3 is 2.82 bits per heavy atom. The highest BCUT2D eigenvalue weighted by molar-refractivity contribution is 7.89. The van der Waals surface area contributed by atoms with Gasteiger partial charge in [0, 0.05) is 20.0 Å². The third kappa shape index (κ3) is 3.78. The Bertz CT molecular complexity index is 658. The molecule has 0 fully saturated rings. The Hall–Kier alpha value is -1.60. The van der Waals surface area contributed by atoms with Crippen LogP contribution in [0, 0.1) is 0 Å². The maximum atomic E-state index is 12.2. The van der Waals surface area contributed by atoms with E-state index in [4.69, 9.17) is 4.74 Å². The maximum Gasteiger partial charge on any atom is 0.240 e. The van der Waals surface area contributed by atoms with Gasteiger partial charge in [0.1, 0.15) is 17.6 Å². The largest absolute Gasteiger partial charge is 0.486 e. The van der Waals surface area contributed by atoms with E-state index in [0.29, 0.717) is 5.75 Å². The number of likely N-dealkylation sites (N-methyl/N-ethyl adjacent to an activating group) is 1. The Labute approximate surface area is 131 Å². The molecule has 1 aromatic carbocycles. The van der Waals surface area contributed by atoms with Crippen molar-refractivity contribution >= 4 is 21.5 Å². The standard InChI is InChI=1S/C15H22N2O4S/c1-4-12-10-17(3)14-9-13(5-6-15(14)21-12)22(19,20)16-8-7-11(2)18/h5-6,9,12,16H,4,7-8,10H2,1-3H3. The molecule has 1 aromatic rings. The highest BCUT2D eigenvalue weighted by Gasteiger charge is 2.24. The number of nitrogens with one attached hydrogen (secondary N) is 1. The smallest absolute Gasteiger partial charge is 0.240 e. The number of ether oxygens (including phenoxy) is 1. The fourth-order valence-corrected chi connectivity index (χ4v) is 3.39. The van der Waals surface area contributed by atoms with Crippen LogP contribution in [-0.2, 0) is 14.8 Å². The molecule has 0 aromatic heterocycles. The minimum Gasteiger partial charge on any atom is -0.486 e. The normalized spacial score (nSPS) is 17.8. The number of carbonyl (C=O) groups is 1. The summed E-state index contributed by atoms with van der Waals surface area (Å²) in [5.74, 6) is 0.648. The molecule has 2 rings (SSSR count). The SMILES string of the molecule is CCC1CN(C)c2cc(S(=O)(=O)NCCC(C)=O)ccc2O1. The molecular weight excluding hydrogens is 304 g/mol. The van der Waals surface area contributed by atoms with Gasteiger partial charge in [0.25, 0.3) is 0 Å². The van der Waals surface area contributed by atoms with Gasteiger partial charge < -0.3 is 9.64 Å². The Balaban J connectivity index is 2.20.